The summed E-state index contributed by atoms with van der Waals surface area (Å²) < 4.78 is 17.7. The maximum Gasteiger partial charge on any atom is 0.372 e. The SMILES string of the molecule is CCC1(C(=O)Oc2ccc(Cl)cc2)OCC(C2c3ccccc3-c3ccccc32)CO1. The number of halogens is 1. The van der Waals surface area contributed by atoms with E-state index in [1.807, 2.05) is 6.92 Å². The van der Waals surface area contributed by atoms with Gasteiger partial charge in [0.05, 0.1) is 13.2 Å². The fraction of sp³-hybridized carbons (Fsp3) is 0.269. The third kappa shape index (κ3) is 3.55. The number of benzene rings is 3. The van der Waals surface area contributed by atoms with Gasteiger partial charge in [-0.2, -0.15) is 0 Å². The number of hydrogen-bond acceptors (Lipinski definition) is 4. The topological polar surface area (TPSA) is 44.8 Å². The molecule has 1 aliphatic heterocycles. The first-order valence-corrected chi connectivity index (χ1v) is 10.9. The van der Waals surface area contributed by atoms with Gasteiger partial charge in [0.1, 0.15) is 5.75 Å². The van der Waals surface area contributed by atoms with Gasteiger partial charge >= 0.3 is 5.97 Å². The van der Waals surface area contributed by atoms with Crippen molar-refractivity contribution in [3.05, 3.63) is 88.9 Å². The Balaban J connectivity index is 1.36. The zero-order valence-corrected chi connectivity index (χ0v) is 18.0. The van der Waals surface area contributed by atoms with E-state index in [1.54, 1.807) is 24.3 Å². The zero-order valence-electron chi connectivity index (χ0n) is 17.2. The smallest absolute Gasteiger partial charge is 0.372 e. The fourth-order valence-electron chi connectivity index (χ4n) is 4.62. The number of hydrogen-bond donors (Lipinski definition) is 0. The van der Waals surface area contributed by atoms with Crippen LogP contribution in [0.2, 0.25) is 5.02 Å². The molecule has 158 valence electrons. The fourth-order valence-corrected chi connectivity index (χ4v) is 4.75. The van der Waals surface area contributed by atoms with Crippen LogP contribution in [-0.2, 0) is 14.3 Å². The Kier molecular flexibility index (Phi) is 5.30. The summed E-state index contributed by atoms with van der Waals surface area (Å²) >= 11 is 5.91. The van der Waals surface area contributed by atoms with Gasteiger partial charge in [-0.3, -0.25) is 0 Å². The van der Waals surface area contributed by atoms with Crippen LogP contribution >= 0.6 is 11.6 Å². The number of ether oxygens (including phenoxy) is 3. The van der Waals surface area contributed by atoms with Gasteiger partial charge in [-0.25, -0.2) is 4.79 Å². The lowest BCUT2D eigenvalue weighted by Crippen LogP contribution is -2.52. The van der Waals surface area contributed by atoms with Gasteiger partial charge < -0.3 is 14.2 Å². The first kappa shape index (κ1) is 20.3. The Labute approximate surface area is 186 Å². The van der Waals surface area contributed by atoms with Gasteiger partial charge in [0.2, 0.25) is 0 Å². The van der Waals surface area contributed by atoms with Crippen LogP contribution in [0.15, 0.2) is 72.8 Å². The molecule has 0 saturated carbocycles. The Morgan fingerprint density at radius 1 is 0.935 bits per heavy atom. The standard InChI is InChI=1S/C26H23ClO4/c1-2-26(25(28)31-19-13-11-18(27)12-14-19)29-15-17(16-30-26)24-22-9-5-3-7-20(22)21-8-4-6-10-23(21)24/h3-14,17,24H,2,15-16H2,1H3. The average molecular weight is 435 g/mol. The molecule has 2 aliphatic rings. The molecule has 1 fully saturated rings. The lowest BCUT2D eigenvalue weighted by atomic mass is 9.84. The molecule has 0 unspecified atom stereocenters. The van der Waals surface area contributed by atoms with E-state index in [0.717, 1.165) is 0 Å². The molecule has 0 radical (unpaired) electrons. The molecule has 0 spiro atoms. The van der Waals surface area contributed by atoms with Crippen molar-refractivity contribution in [3.63, 3.8) is 0 Å². The molecule has 1 aliphatic carbocycles. The summed E-state index contributed by atoms with van der Waals surface area (Å²) in [5.41, 5.74) is 5.09. The van der Waals surface area contributed by atoms with E-state index in [-0.39, 0.29) is 11.8 Å². The summed E-state index contributed by atoms with van der Waals surface area (Å²) in [6, 6.07) is 23.6. The molecule has 1 saturated heterocycles. The van der Waals surface area contributed by atoms with E-state index in [2.05, 4.69) is 48.5 Å². The molecule has 0 amide bonds. The van der Waals surface area contributed by atoms with Gasteiger partial charge in [0.15, 0.2) is 0 Å². The Morgan fingerprint density at radius 3 is 2.03 bits per heavy atom. The van der Waals surface area contributed by atoms with Crippen LogP contribution in [0.25, 0.3) is 11.1 Å². The highest BCUT2D eigenvalue weighted by molar-refractivity contribution is 6.30. The van der Waals surface area contributed by atoms with E-state index in [4.69, 9.17) is 25.8 Å². The molecule has 5 rings (SSSR count). The molecule has 0 atom stereocenters. The number of carbonyl (C=O) groups is 1. The Hall–Kier alpha value is -2.66. The third-order valence-electron chi connectivity index (χ3n) is 6.22. The van der Waals surface area contributed by atoms with Crippen molar-refractivity contribution in [2.75, 3.05) is 13.2 Å². The minimum Gasteiger partial charge on any atom is -0.423 e. The first-order chi connectivity index (χ1) is 15.1. The van der Waals surface area contributed by atoms with Crippen LogP contribution in [0.3, 0.4) is 0 Å². The number of rotatable bonds is 4. The summed E-state index contributed by atoms with van der Waals surface area (Å²) in [4.78, 5) is 12.9. The zero-order chi connectivity index (χ0) is 21.4. The van der Waals surface area contributed by atoms with Crippen molar-refractivity contribution < 1.29 is 19.0 Å². The molecular weight excluding hydrogens is 412 g/mol. The summed E-state index contributed by atoms with van der Waals surface area (Å²) in [6.07, 6.45) is 0.365. The predicted octanol–water partition coefficient (Wildman–Crippen LogP) is 5.83. The van der Waals surface area contributed by atoms with Crippen LogP contribution in [0.5, 0.6) is 5.75 Å². The number of esters is 1. The molecule has 4 nitrogen and oxygen atoms in total. The second-order valence-corrected chi connectivity index (χ2v) is 8.42. The lowest BCUT2D eigenvalue weighted by molar-refractivity contribution is -0.279. The van der Waals surface area contributed by atoms with E-state index < -0.39 is 11.8 Å². The van der Waals surface area contributed by atoms with Gasteiger partial charge in [0.25, 0.3) is 5.79 Å². The second kappa shape index (κ2) is 8.12. The highest BCUT2D eigenvalue weighted by Crippen LogP contribution is 2.49. The molecule has 0 aromatic heterocycles. The maximum atomic E-state index is 12.9. The first-order valence-electron chi connectivity index (χ1n) is 10.6. The maximum absolute atomic E-state index is 12.9. The third-order valence-corrected chi connectivity index (χ3v) is 6.47. The number of carbonyl (C=O) groups excluding carboxylic acids is 1. The number of fused-ring (bicyclic) bond motifs is 3. The van der Waals surface area contributed by atoms with Crippen LogP contribution in [0, 0.1) is 5.92 Å². The summed E-state index contributed by atoms with van der Waals surface area (Å²) in [7, 11) is 0. The molecular formula is C26H23ClO4. The van der Waals surface area contributed by atoms with Crippen molar-refractivity contribution in [2.45, 2.75) is 25.0 Å². The molecule has 5 heteroatoms. The van der Waals surface area contributed by atoms with E-state index in [1.165, 1.54) is 22.3 Å². The largest absolute Gasteiger partial charge is 0.423 e. The van der Waals surface area contributed by atoms with Crippen molar-refractivity contribution in [1.82, 2.24) is 0 Å². The quantitative estimate of drug-likeness (QED) is 0.383. The minimum atomic E-state index is -1.40. The molecule has 1 heterocycles. The van der Waals surface area contributed by atoms with Gasteiger partial charge in [0, 0.05) is 23.3 Å². The lowest BCUT2D eigenvalue weighted by Gasteiger charge is -2.39. The monoisotopic (exact) mass is 434 g/mol. The molecule has 3 aromatic rings. The van der Waals surface area contributed by atoms with Crippen molar-refractivity contribution in [3.8, 4) is 16.9 Å². The minimum absolute atomic E-state index is 0.104. The van der Waals surface area contributed by atoms with E-state index in [9.17, 15) is 4.79 Å². The molecule has 3 aromatic carbocycles. The van der Waals surface area contributed by atoms with Crippen molar-refractivity contribution >= 4 is 17.6 Å². The van der Waals surface area contributed by atoms with Crippen molar-refractivity contribution in [2.24, 2.45) is 5.92 Å². The highest BCUT2D eigenvalue weighted by Gasteiger charge is 2.48. The van der Waals surface area contributed by atoms with Crippen LogP contribution in [0.1, 0.15) is 30.4 Å². The van der Waals surface area contributed by atoms with E-state index in [0.29, 0.717) is 30.4 Å². The Morgan fingerprint density at radius 2 is 1.48 bits per heavy atom. The summed E-state index contributed by atoms with van der Waals surface area (Å²) in [6.45, 7) is 2.69. The van der Waals surface area contributed by atoms with Crippen LogP contribution in [0.4, 0.5) is 0 Å². The van der Waals surface area contributed by atoms with Crippen molar-refractivity contribution in [1.29, 1.82) is 0 Å². The van der Waals surface area contributed by atoms with Gasteiger partial charge in [-0.15, -0.1) is 0 Å². The molecule has 0 N–H and O–H groups in total. The summed E-state index contributed by atoms with van der Waals surface area (Å²) in [5.74, 6) is -1.24. The normalized spacial score (nSPS) is 22.6. The molecule has 0 bridgehead atoms. The summed E-state index contributed by atoms with van der Waals surface area (Å²) in [5, 5.41) is 0.579. The van der Waals surface area contributed by atoms with Crippen LogP contribution in [-0.4, -0.2) is 25.0 Å². The molecule has 31 heavy (non-hydrogen) atoms. The average Bonchev–Trinajstić information content (AvgIpc) is 3.15. The highest BCUT2D eigenvalue weighted by atomic mass is 35.5. The van der Waals surface area contributed by atoms with E-state index >= 15 is 0 Å². The Bertz CT molecular complexity index is 1050. The predicted molar refractivity (Wildman–Crippen MR) is 119 cm³/mol. The van der Waals surface area contributed by atoms with Gasteiger partial charge in [-0.1, -0.05) is 67.1 Å². The second-order valence-electron chi connectivity index (χ2n) is 7.98. The van der Waals surface area contributed by atoms with Gasteiger partial charge in [-0.05, 0) is 46.5 Å². The van der Waals surface area contributed by atoms with Crippen LogP contribution < -0.4 is 4.74 Å².